The van der Waals surface area contributed by atoms with Gasteiger partial charge in [-0.1, -0.05) is 6.92 Å². The van der Waals surface area contributed by atoms with Gasteiger partial charge in [0.25, 0.3) is 0 Å². The third-order valence-corrected chi connectivity index (χ3v) is 5.23. The lowest BCUT2D eigenvalue weighted by Crippen LogP contribution is -2.45. The van der Waals surface area contributed by atoms with Crippen molar-refractivity contribution >= 4 is 6.03 Å². The first kappa shape index (κ1) is 19.4. The Kier molecular flexibility index (Phi) is 6.45. The van der Waals surface area contributed by atoms with Crippen molar-refractivity contribution < 1.29 is 4.79 Å². The maximum Gasteiger partial charge on any atom is 0.317 e. The highest BCUT2D eigenvalue weighted by atomic mass is 16.2. The van der Waals surface area contributed by atoms with Crippen molar-refractivity contribution in [1.29, 1.82) is 0 Å². The van der Waals surface area contributed by atoms with Gasteiger partial charge in [-0.2, -0.15) is 0 Å². The molecule has 2 aromatic heterocycles. The lowest BCUT2D eigenvalue weighted by atomic mass is 9.90. The first-order valence-corrected chi connectivity index (χ1v) is 9.60. The number of carbonyl (C=O) groups is 1. The number of urea groups is 1. The molecule has 0 unspecified atom stereocenters. The third kappa shape index (κ3) is 5.79. The summed E-state index contributed by atoms with van der Waals surface area (Å²) in [7, 11) is 2.14. The molecule has 2 amide bonds. The van der Waals surface area contributed by atoms with Crippen LogP contribution in [0.25, 0.3) is 0 Å². The van der Waals surface area contributed by atoms with E-state index in [0.717, 1.165) is 38.0 Å². The summed E-state index contributed by atoms with van der Waals surface area (Å²) in [4.78, 5) is 25.2. The predicted octanol–water partition coefficient (Wildman–Crippen LogP) is 2.22. The smallest absolute Gasteiger partial charge is 0.317 e. The van der Waals surface area contributed by atoms with Gasteiger partial charge in [0.1, 0.15) is 0 Å². The standard InChI is InChI=1S/C20H30N6O/c1-20(6-12-24(2)16-20)15-23-19(27)26(14-18-4-7-21-8-5-18)11-3-10-25-13-9-22-17-25/h4-5,7-9,13,17H,3,6,10-12,14-16H2,1-2H3,(H,23,27)/t20-/m0/s1. The molecule has 2 aromatic rings. The SMILES string of the molecule is CN1CC[C@@](C)(CNC(=O)N(CCCn2ccnc2)Cc2ccncc2)C1. The Balaban J connectivity index is 1.56. The van der Waals surface area contributed by atoms with Crippen LogP contribution < -0.4 is 5.32 Å². The summed E-state index contributed by atoms with van der Waals surface area (Å²) in [5.74, 6) is 0. The van der Waals surface area contributed by atoms with E-state index in [9.17, 15) is 4.79 Å². The van der Waals surface area contributed by atoms with Gasteiger partial charge in [0.05, 0.1) is 6.33 Å². The molecule has 1 aliphatic heterocycles. The van der Waals surface area contributed by atoms with Crippen LogP contribution in [0.2, 0.25) is 0 Å². The summed E-state index contributed by atoms with van der Waals surface area (Å²) in [5.41, 5.74) is 1.25. The number of aryl methyl sites for hydroxylation is 1. The molecule has 0 aliphatic carbocycles. The monoisotopic (exact) mass is 370 g/mol. The Morgan fingerprint density at radius 2 is 2.11 bits per heavy atom. The van der Waals surface area contributed by atoms with Gasteiger partial charge in [0, 0.05) is 57.5 Å². The molecule has 7 nitrogen and oxygen atoms in total. The van der Waals surface area contributed by atoms with Crippen LogP contribution >= 0.6 is 0 Å². The fourth-order valence-corrected chi connectivity index (χ4v) is 3.64. The Labute approximate surface area is 161 Å². The summed E-state index contributed by atoms with van der Waals surface area (Å²) in [6.45, 7) is 7.23. The van der Waals surface area contributed by atoms with E-state index in [1.807, 2.05) is 34.1 Å². The Bertz CT molecular complexity index is 705. The number of nitrogens with zero attached hydrogens (tertiary/aromatic N) is 5. The topological polar surface area (TPSA) is 66.3 Å². The number of hydrogen-bond acceptors (Lipinski definition) is 4. The summed E-state index contributed by atoms with van der Waals surface area (Å²) in [5, 5.41) is 3.18. The first-order valence-electron chi connectivity index (χ1n) is 9.60. The average molecular weight is 371 g/mol. The van der Waals surface area contributed by atoms with Crippen LogP contribution in [0.5, 0.6) is 0 Å². The number of nitrogens with one attached hydrogen (secondary N) is 1. The number of imidazole rings is 1. The second-order valence-electron chi connectivity index (χ2n) is 7.89. The van der Waals surface area contributed by atoms with Gasteiger partial charge in [0.2, 0.25) is 0 Å². The molecule has 27 heavy (non-hydrogen) atoms. The number of likely N-dealkylation sites (tertiary alicyclic amines) is 1. The summed E-state index contributed by atoms with van der Waals surface area (Å²) in [6.07, 6.45) is 11.1. The Morgan fingerprint density at radius 3 is 2.78 bits per heavy atom. The molecule has 1 saturated heterocycles. The molecule has 1 aliphatic rings. The third-order valence-electron chi connectivity index (χ3n) is 5.23. The molecule has 1 fully saturated rings. The second kappa shape index (κ2) is 8.99. The Hall–Kier alpha value is -2.41. The first-order chi connectivity index (χ1) is 13.0. The van der Waals surface area contributed by atoms with Crippen molar-refractivity contribution in [1.82, 2.24) is 29.7 Å². The zero-order valence-corrected chi connectivity index (χ0v) is 16.3. The van der Waals surface area contributed by atoms with Gasteiger partial charge < -0.3 is 19.7 Å². The minimum atomic E-state index is 0.00761. The van der Waals surface area contributed by atoms with Crippen LogP contribution in [0.3, 0.4) is 0 Å². The minimum absolute atomic E-state index is 0.00761. The molecule has 3 heterocycles. The summed E-state index contributed by atoms with van der Waals surface area (Å²) < 4.78 is 2.04. The average Bonchev–Trinajstić information content (AvgIpc) is 3.30. The quantitative estimate of drug-likeness (QED) is 0.774. The van der Waals surface area contributed by atoms with Gasteiger partial charge in [-0.05, 0) is 49.5 Å². The highest BCUT2D eigenvalue weighted by Crippen LogP contribution is 2.27. The van der Waals surface area contributed by atoms with Crippen molar-refractivity contribution in [2.75, 3.05) is 33.2 Å². The van der Waals surface area contributed by atoms with E-state index >= 15 is 0 Å². The molecule has 0 aromatic carbocycles. The largest absolute Gasteiger partial charge is 0.337 e. The molecule has 0 bridgehead atoms. The van der Waals surface area contributed by atoms with E-state index < -0.39 is 0 Å². The van der Waals surface area contributed by atoms with Crippen LogP contribution in [-0.2, 0) is 13.1 Å². The maximum atomic E-state index is 12.9. The Morgan fingerprint density at radius 1 is 1.30 bits per heavy atom. The number of aromatic nitrogens is 3. The zero-order valence-electron chi connectivity index (χ0n) is 16.3. The second-order valence-corrected chi connectivity index (χ2v) is 7.89. The fourth-order valence-electron chi connectivity index (χ4n) is 3.64. The van der Waals surface area contributed by atoms with Crippen molar-refractivity contribution in [3.05, 3.63) is 48.8 Å². The molecule has 3 rings (SSSR count). The van der Waals surface area contributed by atoms with Gasteiger partial charge in [0.15, 0.2) is 0 Å². The molecule has 0 saturated carbocycles. The molecule has 0 spiro atoms. The van der Waals surface area contributed by atoms with E-state index in [2.05, 4.69) is 34.2 Å². The number of rotatable bonds is 8. The molecule has 146 valence electrons. The lowest BCUT2D eigenvalue weighted by molar-refractivity contribution is 0.186. The molecule has 1 N–H and O–H groups in total. The van der Waals surface area contributed by atoms with Gasteiger partial charge >= 0.3 is 6.03 Å². The van der Waals surface area contributed by atoms with E-state index in [0.29, 0.717) is 19.6 Å². The molecule has 0 radical (unpaired) electrons. The predicted molar refractivity (Wildman–Crippen MR) is 105 cm³/mol. The van der Waals surface area contributed by atoms with Crippen LogP contribution in [0.4, 0.5) is 4.79 Å². The number of hydrogen-bond donors (Lipinski definition) is 1. The van der Waals surface area contributed by atoms with Crippen LogP contribution in [0.15, 0.2) is 43.2 Å². The van der Waals surface area contributed by atoms with E-state index in [1.165, 1.54) is 0 Å². The van der Waals surface area contributed by atoms with Crippen molar-refractivity contribution in [2.24, 2.45) is 5.41 Å². The van der Waals surface area contributed by atoms with Crippen molar-refractivity contribution in [2.45, 2.75) is 32.9 Å². The van der Waals surface area contributed by atoms with E-state index in [-0.39, 0.29) is 11.4 Å². The number of pyridine rings is 1. The van der Waals surface area contributed by atoms with Crippen LogP contribution in [-0.4, -0.2) is 63.6 Å². The summed E-state index contributed by atoms with van der Waals surface area (Å²) in [6, 6.07) is 3.93. The summed E-state index contributed by atoms with van der Waals surface area (Å²) >= 11 is 0. The van der Waals surface area contributed by atoms with Crippen LogP contribution in [0, 0.1) is 5.41 Å². The van der Waals surface area contributed by atoms with Gasteiger partial charge in [-0.15, -0.1) is 0 Å². The lowest BCUT2D eigenvalue weighted by Gasteiger charge is -2.28. The van der Waals surface area contributed by atoms with E-state index in [1.54, 1.807) is 18.6 Å². The fraction of sp³-hybridized carbons (Fsp3) is 0.550. The van der Waals surface area contributed by atoms with Crippen molar-refractivity contribution in [3.8, 4) is 0 Å². The zero-order chi connectivity index (χ0) is 19.1. The maximum absolute atomic E-state index is 12.9. The minimum Gasteiger partial charge on any atom is -0.337 e. The number of amides is 2. The molecular formula is C20H30N6O. The van der Waals surface area contributed by atoms with E-state index in [4.69, 9.17) is 0 Å². The van der Waals surface area contributed by atoms with Crippen molar-refractivity contribution in [3.63, 3.8) is 0 Å². The molecule has 1 atom stereocenters. The van der Waals surface area contributed by atoms with Crippen LogP contribution in [0.1, 0.15) is 25.3 Å². The normalized spacial score (nSPS) is 19.9. The molecular weight excluding hydrogens is 340 g/mol. The highest BCUT2D eigenvalue weighted by molar-refractivity contribution is 5.74. The van der Waals surface area contributed by atoms with Gasteiger partial charge in [-0.25, -0.2) is 9.78 Å². The highest BCUT2D eigenvalue weighted by Gasteiger charge is 2.32. The molecule has 7 heteroatoms. The number of carbonyl (C=O) groups excluding carboxylic acids is 1. The van der Waals surface area contributed by atoms with Gasteiger partial charge in [-0.3, -0.25) is 4.98 Å².